The van der Waals surface area contributed by atoms with Crippen molar-refractivity contribution >= 4 is 5.91 Å². The van der Waals surface area contributed by atoms with E-state index in [1.807, 2.05) is 29.8 Å². The molecular formula is C25H33N3O. The van der Waals surface area contributed by atoms with Crippen molar-refractivity contribution < 1.29 is 4.79 Å². The Morgan fingerprint density at radius 1 is 1.10 bits per heavy atom. The van der Waals surface area contributed by atoms with Crippen molar-refractivity contribution in [2.45, 2.75) is 71.8 Å². The molecule has 29 heavy (non-hydrogen) atoms. The monoisotopic (exact) mass is 391 g/mol. The summed E-state index contributed by atoms with van der Waals surface area (Å²) in [5.74, 6) is 2.88. The standard InChI is InChI=1S/C25H33N3O/c1-16-23(17(2)28(27-16)22-7-5-4-6-8-22)12-24(29)26-18(3)25-13-19-9-20(14-25)11-21(10-19)15-25/h4-8,18-21H,9-15H2,1-3H3,(H,26,29). The van der Waals surface area contributed by atoms with E-state index in [0.29, 0.717) is 11.8 Å². The van der Waals surface area contributed by atoms with Crippen LogP contribution in [0.5, 0.6) is 0 Å². The summed E-state index contributed by atoms with van der Waals surface area (Å²) in [4.78, 5) is 13.0. The molecule has 1 heterocycles. The number of hydrogen-bond acceptors (Lipinski definition) is 2. The third-order valence-corrected chi connectivity index (χ3v) is 8.16. The second-order valence-electron chi connectivity index (χ2n) is 10.1. The van der Waals surface area contributed by atoms with E-state index >= 15 is 0 Å². The number of aryl methyl sites for hydroxylation is 1. The molecule has 6 rings (SSSR count). The van der Waals surface area contributed by atoms with E-state index in [2.05, 4.69) is 31.3 Å². The highest BCUT2D eigenvalue weighted by molar-refractivity contribution is 5.79. The smallest absolute Gasteiger partial charge is 0.224 e. The minimum atomic E-state index is 0.145. The van der Waals surface area contributed by atoms with Crippen LogP contribution < -0.4 is 5.32 Å². The van der Waals surface area contributed by atoms with Crippen LogP contribution in [0.25, 0.3) is 5.69 Å². The van der Waals surface area contributed by atoms with Gasteiger partial charge in [-0.25, -0.2) is 4.68 Å². The Bertz CT molecular complexity index is 878. The summed E-state index contributed by atoms with van der Waals surface area (Å²) < 4.78 is 1.96. The van der Waals surface area contributed by atoms with Crippen molar-refractivity contribution in [3.8, 4) is 5.69 Å². The van der Waals surface area contributed by atoms with Gasteiger partial charge in [0.05, 0.1) is 17.8 Å². The van der Waals surface area contributed by atoms with Gasteiger partial charge in [-0.05, 0) is 94.6 Å². The summed E-state index contributed by atoms with van der Waals surface area (Å²) >= 11 is 0. The van der Waals surface area contributed by atoms with Gasteiger partial charge in [-0.1, -0.05) is 18.2 Å². The Kier molecular flexibility index (Phi) is 4.56. The summed E-state index contributed by atoms with van der Waals surface area (Å²) in [6.07, 6.45) is 8.71. The van der Waals surface area contributed by atoms with E-state index in [4.69, 9.17) is 5.10 Å². The quantitative estimate of drug-likeness (QED) is 0.799. The number of carbonyl (C=O) groups excluding carboxylic acids is 1. The van der Waals surface area contributed by atoms with Crippen molar-refractivity contribution in [1.82, 2.24) is 15.1 Å². The maximum absolute atomic E-state index is 13.0. The van der Waals surface area contributed by atoms with Gasteiger partial charge in [0.15, 0.2) is 0 Å². The number of amides is 1. The number of nitrogens with one attached hydrogen (secondary N) is 1. The second kappa shape index (κ2) is 7.00. The lowest BCUT2D eigenvalue weighted by Gasteiger charge is -2.59. The molecule has 1 aromatic heterocycles. The molecule has 4 aliphatic carbocycles. The maximum atomic E-state index is 13.0. The Hall–Kier alpha value is -2.10. The molecule has 2 aromatic rings. The van der Waals surface area contributed by atoms with Gasteiger partial charge >= 0.3 is 0 Å². The van der Waals surface area contributed by atoms with Gasteiger partial charge in [-0.15, -0.1) is 0 Å². The van der Waals surface area contributed by atoms with E-state index in [0.717, 1.165) is 40.4 Å². The fraction of sp³-hybridized carbons (Fsp3) is 0.600. The molecular weight excluding hydrogens is 358 g/mol. The molecule has 4 saturated carbocycles. The van der Waals surface area contributed by atoms with Gasteiger partial charge in [0, 0.05) is 17.3 Å². The maximum Gasteiger partial charge on any atom is 0.224 e. The Morgan fingerprint density at radius 2 is 1.69 bits per heavy atom. The summed E-state index contributed by atoms with van der Waals surface area (Å²) in [5.41, 5.74) is 4.46. The van der Waals surface area contributed by atoms with Crippen LogP contribution in [0.1, 0.15) is 62.4 Å². The highest BCUT2D eigenvalue weighted by Crippen LogP contribution is 2.61. The third kappa shape index (κ3) is 3.31. The largest absolute Gasteiger partial charge is 0.353 e. The topological polar surface area (TPSA) is 46.9 Å². The zero-order chi connectivity index (χ0) is 20.2. The fourth-order valence-corrected chi connectivity index (χ4v) is 7.07. The Balaban J connectivity index is 1.30. The van der Waals surface area contributed by atoms with Crippen LogP contribution in [0.15, 0.2) is 30.3 Å². The second-order valence-corrected chi connectivity index (χ2v) is 10.1. The molecule has 4 aliphatic rings. The first-order valence-corrected chi connectivity index (χ1v) is 11.3. The van der Waals surface area contributed by atoms with Gasteiger partial charge in [-0.3, -0.25) is 4.79 Å². The highest BCUT2D eigenvalue weighted by atomic mass is 16.1. The van der Waals surface area contributed by atoms with Gasteiger partial charge < -0.3 is 5.32 Å². The average Bonchev–Trinajstić information content (AvgIpc) is 2.96. The van der Waals surface area contributed by atoms with E-state index in [1.165, 1.54) is 38.5 Å². The molecule has 1 aromatic carbocycles. The minimum absolute atomic E-state index is 0.145. The number of carbonyl (C=O) groups is 1. The normalized spacial score (nSPS) is 31.1. The minimum Gasteiger partial charge on any atom is -0.353 e. The van der Waals surface area contributed by atoms with Crippen LogP contribution >= 0.6 is 0 Å². The lowest BCUT2D eigenvalue weighted by molar-refractivity contribution is -0.125. The number of hydrogen-bond donors (Lipinski definition) is 1. The molecule has 0 radical (unpaired) electrons. The molecule has 0 saturated heterocycles. The lowest BCUT2D eigenvalue weighted by atomic mass is 9.48. The molecule has 4 fully saturated rings. The van der Waals surface area contributed by atoms with E-state index in [1.54, 1.807) is 0 Å². The van der Waals surface area contributed by atoms with E-state index < -0.39 is 0 Å². The van der Waals surface area contributed by atoms with Crippen LogP contribution in [0.3, 0.4) is 0 Å². The number of para-hydroxylation sites is 1. The SMILES string of the molecule is Cc1nn(-c2ccccc2)c(C)c1CC(=O)NC(C)C12CC3CC(CC(C3)C1)C2. The third-order valence-electron chi connectivity index (χ3n) is 8.16. The zero-order valence-corrected chi connectivity index (χ0v) is 17.9. The van der Waals surface area contributed by atoms with Crippen LogP contribution in [0.2, 0.25) is 0 Å². The summed E-state index contributed by atoms with van der Waals surface area (Å²) in [6.45, 7) is 6.34. The van der Waals surface area contributed by atoms with E-state index in [-0.39, 0.29) is 11.9 Å². The first-order chi connectivity index (χ1) is 13.9. The molecule has 4 nitrogen and oxygen atoms in total. The van der Waals surface area contributed by atoms with Crippen molar-refractivity contribution in [3.05, 3.63) is 47.3 Å². The van der Waals surface area contributed by atoms with Crippen molar-refractivity contribution in [1.29, 1.82) is 0 Å². The van der Waals surface area contributed by atoms with E-state index in [9.17, 15) is 4.79 Å². The first kappa shape index (κ1) is 18.9. The predicted octanol–water partition coefficient (Wildman–Crippen LogP) is 4.75. The number of aromatic nitrogens is 2. The summed E-state index contributed by atoms with van der Waals surface area (Å²) in [7, 11) is 0. The lowest BCUT2D eigenvalue weighted by Crippen LogP contribution is -2.56. The summed E-state index contributed by atoms with van der Waals surface area (Å²) in [6, 6.07) is 10.4. The van der Waals surface area contributed by atoms with Crippen LogP contribution in [-0.4, -0.2) is 21.7 Å². The predicted molar refractivity (Wildman–Crippen MR) is 115 cm³/mol. The van der Waals surface area contributed by atoms with Gasteiger partial charge in [0.1, 0.15) is 0 Å². The van der Waals surface area contributed by atoms with Gasteiger partial charge in [0.25, 0.3) is 0 Å². The van der Waals surface area contributed by atoms with Crippen LogP contribution in [0, 0.1) is 37.0 Å². The van der Waals surface area contributed by atoms with Crippen LogP contribution in [-0.2, 0) is 11.2 Å². The molecule has 154 valence electrons. The van der Waals surface area contributed by atoms with Crippen molar-refractivity contribution in [2.24, 2.45) is 23.2 Å². The summed E-state index contributed by atoms with van der Waals surface area (Å²) in [5, 5.41) is 8.12. The first-order valence-electron chi connectivity index (χ1n) is 11.3. The highest BCUT2D eigenvalue weighted by Gasteiger charge is 2.53. The molecule has 0 spiro atoms. The number of benzene rings is 1. The van der Waals surface area contributed by atoms with Gasteiger partial charge in [-0.2, -0.15) is 5.10 Å². The zero-order valence-electron chi connectivity index (χ0n) is 17.9. The molecule has 4 heteroatoms. The molecule has 4 bridgehead atoms. The average molecular weight is 392 g/mol. The Labute approximate surface area is 174 Å². The molecule has 1 amide bonds. The van der Waals surface area contributed by atoms with Gasteiger partial charge in [0.2, 0.25) is 5.91 Å². The molecule has 0 aliphatic heterocycles. The van der Waals surface area contributed by atoms with Crippen molar-refractivity contribution in [3.63, 3.8) is 0 Å². The van der Waals surface area contributed by atoms with Crippen LogP contribution in [0.4, 0.5) is 0 Å². The number of rotatable bonds is 5. The van der Waals surface area contributed by atoms with Crippen molar-refractivity contribution in [2.75, 3.05) is 0 Å². The Morgan fingerprint density at radius 3 is 2.28 bits per heavy atom. The number of nitrogens with zero attached hydrogens (tertiary/aromatic N) is 2. The molecule has 1 atom stereocenters. The fourth-order valence-electron chi connectivity index (χ4n) is 7.07. The molecule has 1 N–H and O–H groups in total. The molecule has 1 unspecified atom stereocenters.